The normalized spacial score (nSPS) is 14.4. The van der Waals surface area contributed by atoms with Crippen LogP contribution in [0.2, 0.25) is 0 Å². The molecule has 0 fully saturated rings. The van der Waals surface area contributed by atoms with Crippen molar-refractivity contribution in [3.8, 4) is 5.75 Å². The summed E-state index contributed by atoms with van der Waals surface area (Å²) in [5, 5.41) is 2.63. The lowest BCUT2D eigenvalue weighted by atomic mass is 10.1. The molecule has 0 saturated heterocycles. The SMILES string of the molecule is CCOc1ccc(NC(=O)[C@@H](C)N2C(=O)c3ccc(C)cc3C2=O)cc1S(=O)(=O)N(CC)CC. The average molecular weight is 488 g/mol. The molecule has 3 amide bonds. The average Bonchev–Trinajstić information content (AvgIpc) is 3.04. The van der Waals surface area contributed by atoms with E-state index in [-0.39, 0.29) is 47.2 Å². The van der Waals surface area contributed by atoms with E-state index < -0.39 is 33.8 Å². The van der Waals surface area contributed by atoms with Crippen LogP contribution in [0, 0.1) is 6.92 Å². The standard InChI is InChI=1S/C24H29N3O6S/c1-6-26(7-2)34(31,32)21-14-17(10-12-20(21)33-8-3)25-22(28)16(5)27-23(29)18-11-9-15(4)13-19(18)24(27)30/h9-14,16H,6-8H2,1-5H3,(H,25,28)/t16-/m1/s1. The molecule has 0 radical (unpaired) electrons. The molecule has 1 atom stereocenters. The first-order valence-electron chi connectivity index (χ1n) is 11.1. The number of imide groups is 1. The van der Waals surface area contributed by atoms with Crippen molar-refractivity contribution in [3.05, 3.63) is 53.1 Å². The molecular formula is C24H29N3O6S. The molecular weight excluding hydrogens is 458 g/mol. The van der Waals surface area contributed by atoms with Gasteiger partial charge in [-0.2, -0.15) is 4.31 Å². The largest absolute Gasteiger partial charge is 0.492 e. The van der Waals surface area contributed by atoms with Gasteiger partial charge in [-0.25, -0.2) is 8.42 Å². The molecule has 1 N–H and O–H groups in total. The fourth-order valence-electron chi connectivity index (χ4n) is 3.85. The molecule has 0 saturated carbocycles. The van der Waals surface area contributed by atoms with Gasteiger partial charge in [0, 0.05) is 18.8 Å². The quantitative estimate of drug-likeness (QED) is 0.544. The molecule has 0 unspecified atom stereocenters. The van der Waals surface area contributed by atoms with Crippen LogP contribution >= 0.6 is 0 Å². The highest BCUT2D eigenvalue weighted by molar-refractivity contribution is 7.89. The first-order chi connectivity index (χ1) is 16.1. The summed E-state index contributed by atoms with van der Waals surface area (Å²) in [6.07, 6.45) is 0. The van der Waals surface area contributed by atoms with E-state index in [2.05, 4.69) is 5.32 Å². The van der Waals surface area contributed by atoms with Crippen LogP contribution in [-0.4, -0.2) is 61.1 Å². The van der Waals surface area contributed by atoms with Gasteiger partial charge in [0.15, 0.2) is 0 Å². The minimum absolute atomic E-state index is 0.0697. The van der Waals surface area contributed by atoms with Crippen LogP contribution in [0.1, 0.15) is 54.0 Å². The number of fused-ring (bicyclic) bond motifs is 1. The summed E-state index contributed by atoms with van der Waals surface area (Å²) in [5.74, 6) is -1.53. The van der Waals surface area contributed by atoms with Gasteiger partial charge in [0.1, 0.15) is 16.7 Å². The molecule has 2 aromatic carbocycles. The van der Waals surface area contributed by atoms with Gasteiger partial charge in [0.2, 0.25) is 15.9 Å². The third-order valence-corrected chi connectivity index (χ3v) is 7.75. The summed E-state index contributed by atoms with van der Waals surface area (Å²) < 4.78 is 33.1. The van der Waals surface area contributed by atoms with Gasteiger partial charge in [0.25, 0.3) is 11.8 Å². The van der Waals surface area contributed by atoms with E-state index in [9.17, 15) is 22.8 Å². The van der Waals surface area contributed by atoms with Gasteiger partial charge in [-0.1, -0.05) is 25.5 Å². The number of nitrogens with zero attached hydrogens (tertiary/aromatic N) is 2. The zero-order chi connectivity index (χ0) is 25.2. The third kappa shape index (κ3) is 4.55. The van der Waals surface area contributed by atoms with E-state index in [0.717, 1.165) is 10.5 Å². The molecule has 1 aliphatic heterocycles. The Hall–Kier alpha value is -3.24. The highest BCUT2D eigenvalue weighted by Gasteiger charge is 2.41. The maximum absolute atomic E-state index is 13.1. The molecule has 1 aliphatic rings. The van der Waals surface area contributed by atoms with Crippen molar-refractivity contribution < 1.29 is 27.5 Å². The number of benzene rings is 2. The number of rotatable bonds is 9. The van der Waals surface area contributed by atoms with Crippen molar-refractivity contribution >= 4 is 33.4 Å². The van der Waals surface area contributed by atoms with Gasteiger partial charge in [0.05, 0.1) is 17.7 Å². The van der Waals surface area contributed by atoms with E-state index >= 15 is 0 Å². The van der Waals surface area contributed by atoms with Crippen molar-refractivity contribution in [2.24, 2.45) is 0 Å². The zero-order valence-electron chi connectivity index (χ0n) is 19.9. The van der Waals surface area contributed by atoms with Crippen LogP contribution in [0.25, 0.3) is 0 Å². The van der Waals surface area contributed by atoms with E-state index in [4.69, 9.17) is 4.74 Å². The van der Waals surface area contributed by atoms with Gasteiger partial charge < -0.3 is 10.1 Å². The Morgan fingerprint density at radius 2 is 1.68 bits per heavy atom. The molecule has 182 valence electrons. The molecule has 0 bridgehead atoms. The lowest BCUT2D eigenvalue weighted by Gasteiger charge is -2.23. The monoisotopic (exact) mass is 487 g/mol. The number of ether oxygens (including phenoxy) is 1. The van der Waals surface area contributed by atoms with Gasteiger partial charge in [-0.3, -0.25) is 19.3 Å². The molecule has 0 spiro atoms. The lowest BCUT2D eigenvalue weighted by Crippen LogP contribution is -2.45. The fraction of sp³-hybridized carbons (Fsp3) is 0.375. The van der Waals surface area contributed by atoms with Gasteiger partial charge in [-0.05, 0) is 51.1 Å². The van der Waals surface area contributed by atoms with Crippen LogP contribution < -0.4 is 10.1 Å². The van der Waals surface area contributed by atoms with E-state index in [1.165, 1.54) is 29.4 Å². The summed E-state index contributed by atoms with van der Waals surface area (Å²) in [6, 6.07) is 8.14. The van der Waals surface area contributed by atoms with E-state index in [1.54, 1.807) is 39.0 Å². The minimum Gasteiger partial charge on any atom is -0.492 e. The number of sulfonamides is 1. The van der Waals surface area contributed by atoms with Crippen LogP contribution in [0.4, 0.5) is 5.69 Å². The van der Waals surface area contributed by atoms with Gasteiger partial charge in [-0.15, -0.1) is 0 Å². The summed E-state index contributed by atoms with van der Waals surface area (Å²) >= 11 is 0. The second-order valence-corrected chi connectivity index (χ2v) is 9.78. The fourth-order valence-corrected chi connectivity index (χ4v) is 5.47. The number of amides is 3. The molecule has 9 nitrogen and oxygen atoms in total. The Morgan fingerprint density at radius 3 is 2.29 bits per heavy atom. The van der Waals surface area contributed by atoms with Crippen molar-refractivity contribution in [3.63, 3.8) is 0 Å². The number of anilines is 1. The van der Waals surface area contributed by atoms with Crippen molar-refractivity contribution in [1.82, 2.24) is 9.21 Å². The highest BCUT2D eigenvalue weighted by Crippen LogP contribution is 2.31. The number of nitrogens with one attached hydrogen (secondary N) is 1. The van der Waals surface area contributed by atoms with E-state index in [0.29, 0.717) is 0 Å². The number of hydrogen-bond donors (Lipinski definition) is 1. The third-order valence-electron chi connectivity index (χ3n) is 5.67. The first-order valence-corrected chi connectivity index (χ1v) is 12.6. The molecule has 0 aliphatic carbocycles. The smallest absolute Gasteiger partial charge is 0.262 e. The molecule has 0 aromatic heterocycles. The Labute approximate surface area is 199 Å². The molecule has 10 heteroatoms. The molecule has 34 heavy (non-hydrogen) atoms. The van der Waals surface area contributed by atoms with Crippen molar-refractivity contribution in [1.29, 1.82) is 0 Å². The van der Waals surface area contributed by atoms with Crippen LogP contribution in [-0.2, 0) is 14.8 Å². The molecule has 1 heterocycles. The Morgan fingerprint density at radius 1 is 1.03 bits per heavy atom. The number of carbonyl (C=O) groups excluding carboxylic acids is 3. The second-order valence-electron chi connectivity index (χ2n) is 7.88. The maximum Gasteiger partial charge on any atom is 0.262 e. The topological polar surface area (TPSA) is 113 Å². The number of aryl methyl sites for hydroxylation is 1. The summed E-state index contributed by atoms with van der Waals surface area (Å²) in [4.78, 5) is 39.4. The Balaban J connectivity index is 1.89. The van der Waals surface area contributed by atoms with Crippen LogP contribution in [0.5, 0.6) is 5.75 Å². The minimum atomic E-state index is -3.87. The van der Waals surface area contributed by atoms with Crippen molar-refractivity contribution in [2.45, 2.75) is 45.6 Å². The number of hydrogen-bond acceptors (Lipinski definition) is 6. The zero-order valence-corrected chi connectivity index (χ0v) is 20.7. The van der Waals surface area contributed by atoms with E-state index in [1.807, 2.05) is 6.92 Å². The van der Waals surface area contributed by atoms with Gasteiger partial charge >= 0.3 is 0 Å². The van der Waals surface area contributed by atoms with Crippen LogP contribution in [0.15, 0.2) is 41.3 Å². The highest BCUT2D eigenvalue weighted by atomic mass is 32.2. The number of carbonyl (C=O) groups is 3. The predicted octanol–water partition coefficient (Wildman–Crippen LogP) is 3.05. The molecule has 3 rings (SSSR count). The van der Waals surface area contributed by atoms with Crippen molar-refractivity contribution in [2.75, 3.05) is 25.0 Å². The second kappa shape index (κ2) is 9.94. The van der Waals surface area contributed by atoms with Crippen LogP contribution in [0.3, 0.4) is 0 Å². The maximum atomic E-state index is 13.1. The Bertz CT molecular complexity index is 1240. The predicted molar refractivity (Wildman–Crippen MR) is 127 cm³/mol. The summed E-state index contributed by atoms with van der Waals surface area (Å²) in [5.41, 5.74) is 1.55. The summed E-state index contributed by atoms with van der Waals surface area (Å²) in [7, 11) is -3.87. The summed E-state index contributed by atoms with van der Waals surface area (Å²) in [6.45, 7) is 9.29. The Kier molecular flexibility index (Phi) is 7.42. The molecule has 2 aromatic rings. The first kappa shape index (κ1) is 25.4. The lowest BCUT2D eigenvalue weighted by molar-refractivity contribution is -0.119.